The van der Waals surface area contributed by atoms with Gasteiger partial charge in [0.2, 0.25) is 0 Å². The van der Waals surface area contributed by atoms with Gasteiger partial charge in [0.1, 0.15) is 17.1 Å². The Morgan fingerprint density at radius 1 is 1.05 bits per heavy atom. The highest BCUT2D eigenvalue weighted by molar-refractivity contribution is 5.94. The van der Waals surface area contributed by atoms with Crippen LogP contribution in [0.2, 0.25) is 0 Å². The summed E-state index contributed by atoms with van der Waals surface area (Å²) in [6, 6.07) is 7.98. The Kier molecular flexibility index (Phi) is 8.11. The number of carbonyl (C=O) groups excluding carboxylic acids is 1. The summed E-state index contributed by atoms with van der Waals surface area (Å²) in [5.74, 6) is -1.69. The molecule has 0 radical (unpaired) electrons. The number of benzene rings is 1. The Balaban J connectivity index is 0.000000448. The van der Waals surface area contributed by atoms with E-state index in [1.807, 2.05) is 4.90 Å². The molecule has 3 aliphatic heterocycles. The number of nitrogens with zero attached hydrogens (tertiary/aromatic N) is 3. The first kappa shape index (κ1) is 28.7. The van der Waals surface area contributed by atoms with E-state index in [1.54, 1.807) is 0 Å². The monoisotopic (exact) mass is 549 g/mol. The number of carbonyl (C=O) groups is 2. The summed E-state index contributed by atoms with van der Waals surface area (Å²) >= 11 is 0. The average Bonchev–Trinajstić information content (AvgIpc) is 3.20. The van der Waals surface area contributed by atoms with Crippen molar-refractivity contribution in [3.05, 3.63) is 53.3 Å². The second kappa shape index (κ2) is 11.0. The van der Waals surface area contributed by atoms with Crippen molar-refractivity contribution in [1.29, 1.82) is 0 Å². The molecule has 2 fully saturated rings. The number of pyridine rings is 1. The summed E-state index contributed by atoms with van der Waals surface area (Å²) in [6.07, 6.45) is 3.29. The average molecular weight is 550 g/mol. The van der Waals surface area contributed by atoms with Crippen molar-refractivity contribution in [2.75, 3.05) is 26.2 Å². The van der Waals surface area contributed by atoms with Crippen LogP contribution in [0.5, 0.6) is 11.5 Å². The number of amides is 1. The van der Waals surface area contributed by atoms with Crippen LogP contribution in [0.15, 0.2) is 36.7 Å². The molecule has 0 bridgehead atoms. The van der Waals surface area contributed by atoms with Crippen LogP contribution in [-0.2, 0) is 17.8 Å². The number of aromatic nitrogens is 1. The van der Waals surface area contributed by atoms with E-state index >= 15 is 0 Å². The predicted molar refractivity (Wildman–Crippen MR) is 137 cm³/mol. The molecule has 11 heteroatoms. The maximum absolute atomic E-state index is 12.8. The molecule has 4 heterocycles. The molecule has 2 saturated heterocycles. The first-order valence-corrected chi connectivity index (χ1v) is 13.0. The van der Waals surface area contributed by atoms with Gasteiger partial charge in [-0.1, -0.05) is 12.1 Å². The smallest absolute Gasteiger partial charge is 0.490 e. The largest absolute Gasteiger partial charge is 0.506 e. The number of rotatable bonds is 3. The highest BCUT2D eigenvalue weighted by Gasteiger charge is 2.40. The van der Waals surface area contributed by atoms with Crippen LogP contribution in [0.4, 0.5) is 13.2 Å². The number of aromatic hydroxyl groups is 1. The number of fused-ring (bicyclic) bond motifs is 1. The highest BCUT2D eigenvalue weighted by atomic mass is 19.4. The molecule has 1 aromatic heterocycles. The molecule has 2 N–H and O–H groups in total. The number of aliphatic carboxylic acids is 1. The van der Waals surface area contributed by atoms with Crippen molar-refractivity contribution < 1.29 is 37.7 Å². The fourth-order valence-corrected chi connectivity index (χ4v) is 5.65. The number of halogens is 3. The first-order chi connectivity index (χ1) is 18.3. The minimum atomic E-state index is -5.08. The minimum Gasteiger partial charge on any atom is -0.506 e. The molecular weight excluding hydrogens is 515 g/mol. The normalized spacial score (nSPS) is 20.0. The topological polar surface area (TPSA) is 103 Å². The quantitative estimate of drug-likeness (QED) is 0.575. The zero-order chi connectivity index (χ0) is 28.4. The Morgan fingerprint density at radius 2 is 1.67 bits per heavy atom. The van der Waals surface area contributed by atoms with Gasteiger partial charge >= 0.3 is 12.1 Å². The van der Waals surface area contributed by atoms with Crippen LogP contribution < -0.4 is 4.74 Å². The number of ether oxygens (including phenoxy) is 1. The van der Waals surface area contributed by atoms with Crippen LogP contribution in [0, 0.1) is 5.41 Å². The minimum absolute atomic E-state index is 0.0243. The van der Waals surface area contributed by atoms with Gasteiger partial charge in [0.15, 0.2) is 0 Å². The SMILES string of the molecule is CC1(C)Cc2c(CN3CCC4(CC3)CCN(C(=O)c3cncc(O)c3)CC4)cccc2O1.O=C(O)C(F)(F)F. The zero-order valence-corrected chi connectivity index (χ0v) is 22.1. The van der Waals surface area contributed by atoms with Gasteiger partial charge in [-0.15, -0.1) is 0 Å². The number of hydrogen-bond donors (Lipinski definition) is 2. The van der Waals surface area contributed by atoms with Crippen LogP contribution >= 0.6 is 0 Å². The van der Waals surface area contributed by atoms with Gasteiger partial charge < -0.3 is 19.8 Å². The van der Waals surface area contributed by atoms with Gasteiger partial charge in [0.05, 0.1) is 11.8 Å². The molecule has 3 aliphatic rings. The maximum Gasteiger partial charge on any atom is 0.490 e. The summed E-state index contributed by atoms with van der Waals surface area (Å²) in [5.41, 5.74) is 3.51. The van der Waals surface area contributed by atoms with Crippen molar-refractivity contribution in [3.63, 3.8) is 0 Å². The molecule has 39 heavy (non-hydrogen) atoms. The predicted octanol–water partition coefficient (Wildman–Crippen LogP) is 4.65. The molecule has 0 saturated carbocycles. The maximum atomic E-state index is 12.8. The van der Waals surface area contributed by atoms with E-state index in [4.69, 9.17) is 14.6 Å². The molecule has 0 atom stereocenters. The first-order valence-electron chi connectivity index (χ1n) is 13.0. The van der Waals surface area contributed by atoms with Gasteiger partial charge in [0, 0.05) is 37.8 Å². The number of hydrogen-bond acceptors (Lipinski definition) is 6. The van der Waals surface area contributed by atoms with Crippen molar-refractivity contribution in [1.82, 2.24) is 14.8 Å². The Morgan fingerprint density at radius 3 is 2.26 bits per heavy atom. The van der Waals surface area contributed by atoms with Crippen LogP contribution in [0.25, 0.3) is 0 Å². The lowest BCUT2D eigenvalue weighted by Crippen LogP contribution is -2.48. The third-order valence-electron chi connectivity index (χ3n) is 7.85. The number of alkyl halides is 3. The molecule has 2 aromatic rings. The van der Waals surface area contributed by atoms with Crippen LogP contribution in [0.1, 0.15) is 61.0 Å². The zero-order valence-electron chi connectivity index (χ0n) is 22.1. The summed E-state index contributed by atoms with van der Waals surface area (Å²) < 4.78 is 37.8. The summed E-state index contributed by atoms with van der Waals surface area (Å²) in [5, 5.41) is 16.7. The van der Waals surface area contributed by atoms with E-state index in [-0.39, 0.29) is 17.3 Å². The molecule has 1 spiro atoms. The molecule has 1 aromatic carbocycles. The molecule has 5 rings (SSSR count). The van der Waals surface area contributed by atoms with Gasteiger partial charge in [-0.25, -0.2) is 4.79 Å². The second-order valence-corrected chi connectivity index (χ2v) is 11.2. The summed E-state index contributed by atoms with van der Waals surface area (Å²) in [6.45, 7) is 9.11. The molecular formula is C28H34F3N3O5. The lowest BCUT2D eigenvalue weighted by atomic mass is 9.71. The number of carboxylic acid groups (broad SMARTS) is 1. The molecule has 0 unspecified atom stereocenters. The molecule has 0 aliphatic carbocycles. The van der Waals surface area contributed by atoms with Crippen molar-refractivity contribution in [3.8, 4) is 11.5 Å². The Labute approximate surface area is 225 Å². The van der Waals surface area contributed by atoms with Crippen LogP contribution in [0.3, 0.4) is 0 Å². The van der Waals surface area contributed by atoms with Gasteiger partial charge in [-0.2, -0.15) is 13.2 Å². The lowest BCUT2D eigenvalue weighted by Gasteiger charge is -2.47. The fraction of sp³-hybridized carbons (Fsp3) is 0.536. The van der Waals surface area contributed by atoms with E-state index in [0.717, 1.165) is 57.7 Å². The van der Waals surface area contributed by atoms with E-state index in [0.29, 0.717) is 11.0 Å². The van der Waals surface area contributed by atoms with E-state index < -0.39 is 12.1 Å². The number of carboxylic acids is 1. The van der Waals surface area contributed by atoms with Gasteiger partial charge in [-0.05, 0) is 75.7 Å². The Hall–Kier alpha value is -3.34. The third-order valence-corrected chi connectivity index (χ3v) is 7.85. The lowest BCUT2D eigenvalue weighted by molar-refractivity contribution is -0.192. The number of piperidine rings is 2. The van der Waals surface area contributed by atoms with Gasteiger partial charge in [0.25, 0.3) is 5.91 Å². The summed E-state index contributed by atoms with van der Waals surface area (Å²) in [4.78, 5) is 30.1. The van der Waals surface area contributed by atoms with Crippen molar-refractivity contribution in [2.45, 2.75) is 64.3 Å². The summed E-state index contributed by atoms with van der Waals surface area (Å²) in [7, 11) is 0. The van der Waals surface area contributed by atoms with Crippen molar-refractivity contribution in [2.24, 2.45) is 5.41 Å². The number of likely N-dealkylation sites (tertiary alicyclic amines) is 2. The third kappa shape index (κ3) is 7.00. The molecule has 1 amide bonds. The van der Waals surface area contributed by atoms with E-state index in [9.17, 15) is 23.1 Å². The standard InChI is InChI=1S/C26H33N3O3.C2HF3O2/c1-25(2)15-22-19(4-3-5-23(22)32-25)18-28-10-6-26(7-11-28)8-12-29(13-9-26)24(31)20-14-21(30)17-27-16-20;3-2(4,5)1(6)7/h3-5,14,16-17,30H,6-13,15,18H2,1-2H3;(H,6,7). The Bertz CT molecular complexity index is 1200. The fourth-order valence-electron chi connectivity index (χ4n) is 5.65. The van der Waals surface area contributed by atoms with E-state index in [1.165, 1.54) is 42.4 Å². The van der Waals surface area contributed by atoms with E-state index in [2.05, 4.69) is 41.9 Å². The van der Waals surface area contributed by atoms with Crippen molar-refractivity contribution >= 4 is 11.9 Å². The second-order valence-electron chi connectivity index (χ2n) is 11.2. The highest BCUT2D eigenvalue weighted by Crippen LogP contribution is 2.43. The molecule has 212 valence electrons. The van der Waals surface area contributed by atoms with Gasteiger partial charge in [-0.3, -0.25) is 14.7 Å². The molecule has 8 nitrogen and oxygen atoms in total. The van der Waals surface area contributed by atoms with Crippen LogP contribution in [-0.4, -0.2) is 74.8 Å².